The molecule has 168 valence electrons. The second-order valence-electron chi connectivity index (χ2n) is 8.05. The molecule has 0 bridgehead atoms. The van der Waals surface area contributed by atoms with Gasteiger partial charge in [0.05, 0.1) is 6.54 Å². The number of esters is 1. The van der Waals surface area contributed by atoms with Crippen LogP contribution in [-0.2, 0) is 30.0 Å². The van der Waals surface area contributed by atoms with E-state index in [-0.39, 0.29) is 17.2 Å². The number of carbonyl (C=O) groups is 2. The van der Waals surface area contributed by atoms with Crippen molar-refractivity contribution in [2.75, 3.05) is 6.54 Å². The van der Waals surface area contributed by atoms with Crippen LogP contribution in [0.4, 0.5) is 4.79 Å². The van der Waals surface area contributed by atoms with Crippen LogP contribution in [0.1, 0.15) is 40.2 Å². The number of benzene rings is 2. The van der Waals surface area contributed by atoms with Gasteiger partial charge in [-0.3, -0.25) is 4.79 Å². The summed E-state index contributed by atoms with van der Waals surface area (Å²) in [6.45, 7) is 8.04. The molecule has 1 amide bonds. The molecule has 2 aromatic rings. The molecule has 0 aromatic heterocycles. The van der Waals surface area contributed by atoms with Crippen molar-refractivity contribution in [1.82, 2.24) is 5.32 Å². The molecule has 8 nitrogen and oxygen atoms in total. The van der Waals surface area contributed by atoms with Crippen LogP contribution in [0.15, 0.2) is 59.5 Å². The lowest BCUT2D eigenvalue weighted by atomic mass is 9.95. The molecule has 0 fully saturated rings. The summed E-state index contributed by atoms with van der Waals surface area (Å²) >= 11 is 0. The standard InChI is InChI=1S/C22H27NO7S/c1-16(24)28-22(5,15-23-20(25)29-21(2,3)4)17-11-13-18(14-12-17)30-31(26,27)19-9-7-6-8-10-19/h6-14H,15H2,1-5H3,(H,23,25). The van der Waals surface area contributed by atoms with Gasteiger partial charge in [0.25, 0.3) is 0 Å². The number of hydrogen-bond acceptors (Lipinski definition) is 7. The van der Waals surface area contributed by atoms with Gasteiger partial charge in [-0.15, -0.1) is 0 Å². The first-order chi connectivity index (χ1) is 14.3. The minimum atomic E-state index is -3.98. The van der Waals surface area contributed by atoms with Crippen molar-refractivity contribution in [1.29, 1.82) is 0 Å². The largest absolute Gasteiger partial charge is 0.453 e. The highest BCUT2D eigenvalue weighted by atomic mass is 32.2. The van der Waals surface area contributed by atoms with Crippen molar-refractivity contribution in [3.8, 4) is 5.75 Å². The lowest BCUT2D eigenvalue weighted by molar-refractivity contribution is -0.156. The number of ether oxygens (including phenoxy) is 2. The van der Waals surface area contributed by atoms with Gasteiger partial charge in [0.15, 0.2) is 5.60 Å². The van der Waals surface area contributed by atoms with E-state index in [4.69, 9.17) is 13.7 Å². The first-order valence-electron chi connectivity index (χ1n) is 9.57. The summed E-state index contributed by atoms with van der Waals surface area (Å²) in [5.74, 6) is -0.446. The third kappa shape index (κ3) is 7.29. The maximum Gasteiger partial charge on any atom is 0.407 e. The second-order valence-corrected chi connectivity index (χ2v) is 9.60. The quantitative estimate of drug-likeness (QED) is 0.506. The van der Waals surface area contributed by atoms with Crippen molar-refractivity contribution in [2.24, 2.45) is 0 Å². The van der Waals surface area contributed by atoms with E-state index in [1.54, 1.807) is 58.0 Å². The number of hydrogen-bond donors (Lipinski definition) is 1. The summed E-state index contributed by atoms with van der Waals surface area (Å²) in [4.78, 5) is 23.7. The van der Waals surface area contributed by atoms with Crippen LogP contribution in [-0.4, -0.2) is 32.6 Å². The fourth-order valence-corrected chi connectivity index (χ4v) is 3.65. The average Bonchev–Trinajstić information content (AvgIpc) is 2.65. The molecule has 2 rings (SSSR count). The van der Waals surface area contributed by atoms with Crippen molar-refractivity contribution >= 4 is 22.2 Å². The Morgan fingerprint density at radius 2 is 1.48 bits per heavy atom. The van der Waals surface area contributed by atoms with Gasteiger partial charge in [0.2, 0.25) is 0 Å². The van der Waals surface area contributed by atoms with E-state index in [1.807, 2.05) is 0 Å². The molecule has 9 heteroatoms. The van der Waals surface area contributed by atoms with E-state index in [1.165, 1.54) is 31.2 Å². The van der Waals surface area contributed by atoms with E-state index in [2.05, 4.69) is 5.32 Å². The first-order valence-corrected chi connectivity index (χ1v) is 11.0. The Morgan fingerprint density at radius 3 is 2.00 bits per heavy atom. The molecular weight excluding hydrogens is 422 g/mol. The lowest BCUT2D eigenvalue weighted by Gasteiger charge is -2.30. The zero-order chi connectivity index (χ0) is 23.3. The zero-order valence-corrected chi connectivity index (χ0v) is 19.0. The van der Waals surface area contributed by atoms with Crippen molar-refractivity contribution in [3.05, 3.63) is 60.2 Å². The van der Waals surface area contributed by atoms with Crippen LogP contribution in [0, 0.1) is 0 Å². The molecule has 1 atom stereocenters. The smallest absolute Gasteiger partial charge is 0.407 e. The third-order valence-corrected chi connectivity index (χ3v) is 5.30. The first kappa shape index (κ1) is 24.2. The van der Waals surface area contributed by atoms with E-state index in [0.29, 0.717) is 5.56 Å². The summed E-state index contributed by atoms with van der Waals surface area (Å²) in [6.07, 6.45) is -0.653. The molecule has 0 spiro atoms. The summed E-state index contributed by atoms with van der Waals surface area (Å²) in [5, 5.41) is 2.59. The summed E-state index contributed by atoms with van der Waals surface area (Å²) < 4.78 is 40.6. The van der Waals surface area contributed by atoms with Crippen molar-refractivity contribution in [2.45, 2.75) is 50.7 Å². The molecule has 0 aliphatic rings. The van der Waals surface area contributed by atoms with Gasteiger partial charge in [-0.05, 0) is 57.5 Å². The van der Waals surface area contributed by atoms with Gasteiger partial charge in [-0.2, -0.15) is 8.42 Å². The Labute approximate surface area is 182 Å². The molecule has 0 saturated heterocycles. The molecule has 0 aliphatic carbocycles. The van der Waals surface area contributed by atoms with Crippen molar-refractivity contribution < 1.29 is 31.7 Å². The van der Waals surface area contributed by atoms with Gasteiger partial charge in [-0.25, -0.2) is 4.79 Å². The highest BCUT2D eigenvalue weighted by Gasteiger charge is 2.32. The average molecular weight is 450 g/mol. The van der Waals surface area contributed by atoms with Crippen molar-refractivity contribution in [3.63, 3.8) is 0 Å². The minimum Gasteiger partial charge on any atom is -0.453 e. The Morgan fingerprint density at radius 1 is 0.903 bits per heavy atom. The number of carbonyl (C=O) groups excluding carboxylic acids is 2. The van der Waals surface area contributed by atoms with Crippen LogP contribution >= 0.6 is 0 Å². The van der Waals surface area contributed by atoms with Gasteiger partial charge >= 0.3 is 22.2 Å². The zero-order valence-electron chi connectivity index (χ0n) is 18.2. The van der Waals surface area contributed by atoms with Gasteiger partial charge in [0.1, 0.15) is 16.2 Å². The SMILES string of the molecule is CC(=O)OC(C)(CNC(=O)OC(C)(C)C)c1ccc(OS(=O)(=O)c2ccccc2)cc1. The normalized spacial score (nSPS) is 13.6. The van der Waals surface area contributed by atoms with E-state index >= 15 is 0 Å². The topological polar surface area (TPSA) is 108 Å². The number of amides is 1. The van der Waals surface area contributed by atoms with Crippen LogP contribution < -0.4 is 9.50 Å². The number of rotatable bonds is 7. The van der Waals surface area contributed by atoms with E-state index in [0.717, 1.165) is 0 Å². The van der Waals surface area contributed by atoms with Gasteiger partial charge in [-0.1, -0.05) is 30.3 Å². The Kier molecular flexibility index (Phi) is 7.32. The number of nitrogens with one attached hydrogen (secondary N) is 1. The van der Waals surface area contributed by atoms with Gasteiger partial charge in [0, 0.05) is 6.92 Å². The Balaban J connectivity index is 2.18. The molecule has 0 radical (unpaired) electrons. The van der Waals surface area contributed by atoms with Crippen LogP contribution in [0.3, 0.4) is 0 Å². The van der Waals surface area contributed by atoms with Crippen LogP contribution in [0.25, 0.3) is 0 Å². The number of alkyl carbamates (subject to hydrolysis) is 1. The maximum absolute atomic E-state index is 12.4. The summed E-state index contributed by atoms with van der Waals surface area (Å²) in [5.41, 5.74) is -1.35. The molecule has 0 saturated carbocycles. The third-order valence-electron chi connectivity index (χ3n) is 4.04. The molecule has 1 unspecified atom stereocenters. The molecule has 2 aromatic carbocycles. The highest BCUT2D eigenvalue weighted by Crippen LogP contribution is 2.28. The van der Waals surface area contributed by atoms with Crippen LogP contribution in [0.2, 0.25) is 0 Å². The lowest BCUT2D eigenvalue weighted by Crippen LogP contribution is -2.43. The molecule has 1 N–H and O–H groups in total. The second kappa shape index (κ2) is 9.38. The van der Waals surface area contributed by atoms with E-state index < -0.39 is 33.4 Å². The van der Waals surface area contributed by atoms with E-state index in [9.17, 15) is 18.0 Å². The Hall–Kier alpha value is -3.07. The monoisotopic (exact) mass is 449 g/mol. The molecule has 0 aliphatic heterocycles. The molecular formula is C22H27NO7S. The minimum absolute atomic E-state index is 0.0328. The molecule has 0 heterocycles. The predicted octanol–water partition coefficient (Wildman–Crippen LogP) is 3.76. The summed E-state index contributed by atoms with van der Waals surface area (Å²) in [7, 11) is -3.98. The predicted molar refractivity (Wildman–Crippen MR) is 114 cm³/mol. The Bertz CT molecular complexity index is 1010. The molecule has 31 heavy (non-hydrogen) atoms. The van der Waals surface area contributed by atoms with Gasteiger partial charge < -0.3 is 19.0 Å². The highest BCUT2D eigenvalue weighted by molar-refractivity contribution is 7.87. The maximum atomic E-state index is 12.4. The fourth-order valence-electron chi connectivity index (χ4n) is 2.69. The summed E-state index contributed by atoms with van der Waals surface area (Å²) in [6, 6.07) is 13.8. The fraction of sp³-hybridized carbons (Fsp3) is 0.364. The van der Waals surface area contributed by atoms with Crippen LogP contribution in [0.5, 0.6) is 5.75 Å².